The van der Waals surface area contributed by atoms with Gasteiger partial charge in [-0.15, -0.1) is 0 Å². The zero-order valence-corrected chi connectivity index (χ0v) is 36.2. The molecule has 0 aliphatic heterocycles. The first kappa shape index (κ1) is 38.9. The van der Waals surface area contributed by atoms with Gasteiger partial charge in [0.1, 0.15) is 11.2 Å². The summed E-state index contributed by atoms with van der Waals surface area (Å²) in [7, 11) is 0. The Morgan fingerprint density at radius 2 is 0.712 bits per heavy atom. The van der Waals surface area contributed by atoms with E-state index in [9.17, 15) is 0 Å². The van der Waals surface area contributed by atoms with E-state index in [0.29, 0.717) is 0 Å². The first-order chi connectivity index (χ1) is 32.7. The minimum absolute atomic E-state index is 0.898. The molecule has 1 aromatic heterocycles. The van der Waals surface area contributed by atoms with Gasteiger partial charge < -0.3 is 9.32 Å². The molecular weight excluding hydrogens is 799 g/mol. The molecule has 0 fully saturated rings. The summed E-state index contributed by atoms with van der Waals surface area (Å²) < 4.78 is 6.48. The molecule has 12 aromatic rings. The smallest absolute Gasteiger partial charge is 0.143 e. The standard InChI is InChI=1S/C64H43NO/c1-2-17-44(18-3-1)46-35-39-50(40-36-46)65(51-41-37-47(38-42-51)53-29-16-30-61-60-28-13-15-32-63(60)66-64(53)61)62-31-14-12-27-59(62)58-26-11-10-25-57(58)56-24-9-8-23-55(56)54-22-7-6-21-52(54)49-34-33-45-19-4-5-20-48(45)43-49/h1-43H. The van der Waals surface area contributed by atoms with E-state index < -0.39 is 0 Å². The van der Waals surface area contributed by atoms with Crippen LogP contribution in [0.15, 0.2) is 265 Å². The Bertz CT molecular complexity index is 3700. The van der Waals surface area contributed by atoms with Crippen molar-refractivity contribution in [1.29, 1.82) is 0 Å². The molecule has 0 atom stereocenters. The molecule has 0 N–H and O–H groups in total. The van der Waals surface area contributed by atoms with E-state index in [1.807, 2.05) is 12.1 Å². The van der Waals surface area contributed by atoms with Crippen molar-refractivity contribution in [3.63, 3.8) is 0 Å². The van der Waals surface area contributed by atoms with Gasteiger partial charge in [0.15, 0.2) is 0 Å². The molecule has 0 saturated heterocycles. The Balaban J connectivity index is 0.995. The van der Waals surface area contributed by atoms with Gasteiger partial charge in [-0.25, -0.2) is 0 Å². The third kappa shape index (κ3) is 7.02. The van der Waals surface area contributed by atoms with Crippen molar-refractivity contribution in [3.8, 4) is 66.8 Å². The summed E-state index contributed by atoms with van der Waals surface area (Å²) in [4.78, 5) is 2.40. The van der Waals surface area contributed by atoms with Crippen LogP contribution in [0.5, 0.6) is 0 Å². The normalized spacial score (nSPS) is 11.3. The molecule has 0 amide bonds. The van der Waals surface area contributed by atoms with E-state index in [4.69, 9.17) is 4.42 Å². The third-order valence-corrected chi connectivity index (χ3v) is 12.9. The van der Waals surface area contributed by atoms with Gasteiger partial charge in [-0.1, -0.05) is 218 Å². The lowest BCUT2D eigenvalue weighted by molar-refractivity contribution is 0.670. The number of hydrogen-bond donors (Lipinski definition) is 0. The SMILES string of the molecule is c1ccc(-c2ccc(N(c3ccc(-c4cccc5c4oc4ccccc45)cc3)c3ccccc3-c3ccccc3-c3ccccc3-c3ccccc3-c3ccc4ccccc4c3)cc2)cc1. The highest BCUT2D eigenvalue weighted by molar-refractivity contribution is 6.09. The van der Waals surface area contributed by atoms with Gasteiger partial charge in [0.05, 0.1) is 5.69 Å². The van der Waals surface area contributed by atoms with Crippen LogP contribution in [0.3, 0.4) is 0 Å². The lowest BCUT2D eigenvalue weighted by Crippen LogP contribution is -2.11. The van der Waals surface area contributed by atoms with Gasteiger partial charge >= 0.3 is 0 Å². The van der Waals surface area contributed by atoms with Gasteiger partial charge in [0.2, 0.25) is 0 Å². The molecular formula is C64H43NO. The minimum atomic E-state index is 0.898. The summed E-state index contributed by atoms with van der Waals surface area (Å²) in [5.74, 6) is 0. The zero-order chi connectivity index (χ0) is 43.8. The van der Waals surface area contributed by atoms with Crippen LogP contribution in [0.1, 0.15) is 0 Å². The highest BCUT2D eigenvalue weighted by atomic mass is 16.3. The molecule has 0 radical (unpaired) electrons. The number of rotatable bonds is 9. The average Bonchev–Trinajstić information content (AvgIpc) is 3.79. The number of nitrogens with zero attached hydrogens (tertiary/aromatic N) is 1. The molecule has 0 bridgehead atoms. The van der Waals surface area contributed by atoms with Gasteiger partial charge in [0.25, 0.3) is 0 Å². The predicted molar refractivity (Wildman–Crippen MR) is 279 cm³/mol. The Labute approximate surface area is 384 Å². The maximum atomic E-state index is 6.48. The van der Waals surface area contributed by atoms with Gasteiger partial charge in [0, 0.05) is 33.3 Å². The Hall–Kier alpha value is -8.72. The van der Waals surface area contributed by atoms with Gasteiger partial charge in [-0.05, 0) is 109 Å². The lowest BCUT2D eigenvalue weighted by atomic mass is 9.86. The number of hydrogen-bond acceptors (Lipinski definition) is 2. The van der Waals surface area contributed by atoms with E-state index >= 15 is 0 Å². The summed E-state index contributed by atoms with van der Waals surface area (Å²) >= 11 is 0. The predicted octanol–water partition coefficient (Wildman–Crippen LogP) is 18.2. The van der Waals surface area contributed by atoms with E-state index in [2.05, 4.69) is 254 Å². The van der Waals surface area contributed by atoms with Crippen LogP contribution in [0, 0.1) is 0 Å². The second-order valence-corrected chi connectivity index (χ2v) is 16.8. The molecule has 1 heterocycles. The fourth-order valence-electron chi connectivity index (χ4n) is 9.75. The molecule has 310 valence electrons. The molecule has 0 unspecified atom stereocenters. The number of furan rings is 1. The number of fused-ring (bicyclic) bond motifs is 4. The van der Waals surface area contributed by atoms with Crippen molar-refractivity contribution < 1.29 is 4.42 Å². The van der Waals surface area contributed by atoms with Crippen molar-refractivity contribution in [2.75, 3.05) is 4.90 Å². The average molecular weight is 842 g/mol. The fraction of sp³-hybridized carbons (Fsp3) is 0. The summed E-state index contributed by atoms with van der Waals surface area (Å²) in [5, 5.41) is 4.73. The largest absolute Gasteiger partial charge is 0.455 e. The van der Waals surface area contributed by atoms with Gasteiger partial charge in [-0.3, -0.25) is 0 Å². The highest BCUT2D eigenvalue weighted by Crippen LogP contribution is 2.47. The van der Waals surface area contributed by atoms with Crippen LogP contribution in [0.4, 0.5) is 17.1 Å². The molecule has 0 saturated carbocycles. The molecule has 0 spiro atoms. The topological polar surface area (TPSA) is 16.4 Å². The number of para-hydroxylation sites is 3. The molecule has 12 rings (SSSR count). The molecule has 2 nitrogen and oxygen atoms in total. The van der Waals surface area contributed by atoms with E-state index in [1.165, 1.54) is 55.3 Å². The van der Waals surface area contributed by atoms with E-state index in [1.54, 1.807) is 0 Å². The second kappa shape index (κ2) is 16.8. The van der Waals surface area contributed by atoms with Crippen molar-refractivity contribution in [2.24, 2.45) is 0 Å². The summed E-state index contributed by atoms with van der Waals surface area (Å²) in [6.45, 7) is 0. The molecule has 0 aliphatic carbocycles. The van der Waals surface area contributed by atoms with Crippen LogP contribution >= 0.6 is 0 Å². The highest BCUT2D eigenvalue weighted by Gasteiger charge is 2.22. The summed E-state index contributed by atoms with van der Waals surface area (Å²) in [5.41, 5.74) is 19.0. The van der Waals surface area contributed by atoms with Crippen molar-refractivity contribution in [3.05, 3.63) is 261 Å². The van der Waals surface area contributed by atoms with E-state index in [-0.39, 0.29) is 0 Å². The van der Waals surface area contributed by atoms with Crippen molar-refractivity contribution in [2.45, 2.75) is 0 Å². The van der Waals surface area contributed by atoms with Crippen molar-refractivity contribution in [1.82, 2.24) is 0 Å². The summed E-state index contributed by atoms with van der Waals surface area (Å²) in [6, 6.07) is 93.9. The monoisotopic (exact) mass is 841 g/mol. The van der Waals surface area contributed by atoms with Gasteiger partial charge in [-0.2, -0.15) is 0 Å². The molecule has 2 heteroatoms. The van der Waals surface area contributed by atoms with Crippen LogP contribution in [-0.2, 0) is 0 Å². The zero-order valence-electron chi connectivity index (χ0n) is 36.2. The lowest BCUT2D eigenvalue weighted by Gasteiger charge is -2.29. The minimum Gasteiger partial charge on any atom is -0.455 e. The number of benzene rings is 11. The fourth-order valence-corrected chi connectivity index (χ4v) is 9.75. The van der Waals surface area contributed by atoms with Crippen molar-refractivity contribution >= 4 is 49.8 Å². The van der Waals surface area contributed by atoms with Crippen LogP contribution < -0.4 is 4.90 Å². The van der Waals surface area contributed by atoms with Crippen LogP contribution in [0.25, 0.3) is 99.5 Å². The Morgan fingerprint density at radius 1 is 0.258 bits per heavy atom. The Morgan fingerprint density at radius 3 is 1.39 bits per heavy atom. The maximum Gasteiger partial charge on any atom is 0.143 e. The first-order valence-electron chi connectivity index (χ1n) is 22.6. The van der Waals surface area contributed by atoms with Crippen LogP contribution in [-0.4, -0.2) is 0 Å². The van der Waals surface area contributed by atoms with E-state index in [0.717, 1.165) is 61.3 Å². The molecule has 11 aromatic carbocycles. The van der Waals surface area contributed by atoms with Crippen LogP contribution in [0.2, 0.25) is 0 Å². The summed E-state index contributed by atoms with van der Waals surface area (Å²) in [6.07, 6.45) is 0. The molecule has 0 aliphatic rings. The first-order valence-corrected chi connectivity index (χ1v) is 22.6. The maximum absolute atomic E-state index is 6.48. The molecule has 66 heavy (non-hydrogen) atoms. The third-order valence-electron chi connectivity index (χ3n) is 12.9. The second-order valence-electron chi connectivity index (χ2n) is 16.8. The quantitative estimate of drug-likeness (QED) is 0.144. The number of anilines is 3. The Kier molecular flexibility index (Phi) is 9.89.